The Balaban J connectivity index is 1.93. The van der Waals surface area contributed by atoms with Crippen LogP contribution in [0.5, 0.6) is 23.0 Å². The van der Waals surface area contributed by atoms with Crippen LogP contribution < -0.4 is 19.6 Å². The molecule has 0 spiro atoms. The molecule has 0 saturated carbocycles. The van der Waals surface area contributed by atoms with Crippen LogP contribution >= 0.6 is 0 Å². The lowest BCUT2D eigenvalue weighted by Crippen LogP contribution is -2.05. The second kappa shape index (κ2) is 6.44. The number of benzene rings is 2. The third kappa shape index (κ3) is 3.13. The molecule has 0 atom stereocenters. The monoisotopic (exact) mass is 312 g/mol. The fraction of sp³-hybridized carbons (Fsp3) is 0.167. The third-order valence-electron chi connectivity index (χ3n) is 3.31. The number of hydrogen-bond acceptors (Lipinski definition) is 5. The molecule has 0 aliphatic heterocycles. The molecule has 2 aromatic carbocycles. The summed E-state index contributed by atoms with van der Waals surface area (Å²) in [6.07, 6.45) is 1.31. The zero-order valence-corrected chi connectivity index (χ0v) is 12.9. The zero-order valence-electron chi connectivity index (χ0n) is 12.9. The van der Waals surface area contributed by atoms with E-state index in [0.717, 1.165) is 0 Å². The first-order valence-electron chi connectivity index (χ1n) is 7.21. The van der Waals surface area contributed by atoms with Crippen molar-refractivity contribution >= 4 is 11.0 Å². The Bertz CT molecular complexity index is 865. The van der Waals surface area contributed by atoms with Crippen LogP contribution in [0.4, 0.5) is 0 Å². The molecule has 0 N–H and O–H groups in total. The van der Waals surface area contributed by atoms with Gasteiger partial charge in [-0.2, -0.15) is 0 Å². The van der Waals surface area contributed by atoms with E-state index < -0.39 is 0 Å². The first kappa shape index (κ1) is 15.0. The highest BCUT2D eigenvalue weighted by Crippen LogP contribution is 2.25. The lowest BCUT2D eigenvalue weighted by atomic mass is 10.2. The molecule has 0 amide bonds. The van der Waals surface area contributed by atoms with Crippen molar-refractivity contribution in [1.29, 1.82) is 0 Å². The van der Waals surface area contributed by atoms with Crippen LogP contribution in [0.15, 0.2) is 57.9 Å². The Kier molecular flexibility index (Phi) is 4.19. The number of fused-ring (bicyclic) bond motifs is 1. The maximum absolute atomic E-state index is 12.5. The van der Waals surface area contributed by atoms with E-state index in [1.807, 2.05) is 6.92 Å². The van der Waals surface area contributed by atoms with Gasteiger partial charge >= 0.3 is 0 Å². The van der Waals surface area contributed by atoms with E-state index in [4.69, 9.17) is 18.6 Å². The fourth-order valence-corrected chi connectivity index (χ4v) is 2.19. The van der Waals surface area contributed by atoms with Crippen molar-refractivity contribution in [2.75, 3.05) is 13.7 Å². The van der Waals surface area contributed by atoms with Crippen LogP contribution in [-0.2, 0) is 0 Å². The molecule has 0 bridgehead atoms. The van der Waals surface area contributed by atoms with Crippen molar-refractivity contribution in [2.45, 2.75) is 6.92 Å². The smallest absolute Gasteiger partial charge is 0.235 e. The van der Waals surface area contributed by atoms with E-state index in [0.29, 0.717) is 34.8 Å². The van der Waals surface area contributed by atoms with Crippen molar-refractivity contribution < 1.29 is 18.6 Å². The first-order valence-corrected chi connectivity index (χ1v) is 7.21. The Hall–Kier alpha value is -2.95. The van der Waals surface area contributed by atoms with Gasteiger partial charge in [0.2, 0.25) is 11.2 Å². The molecule has 5 nitrogen and oxygen atoms in total. The summed E-state index contributed by atoms with van der Waals surface area (Å²) < 4.78 is 21.6. The fourth-order valence-electron chi connectivity index (χ4n) is 2.19. The number of ether oxygens (including phenoxy) is 3. The summed E-state index contributed by atoms with van der Waals surface area (Å²) in [4.78, 5) is 12.5. The lowest BCUT2D eigenvalue weighted by Gasteiger charge is -2.07. The first-order chi connectivity index (χ1) is 11.2. The van der Waals surface area contributed by atoms with Gasteiger partial charge in [0.25, 0.3) is 0 Å². The third-order valence-corrected chi connectivity index (χ3v) is 3.31. The molecule has 0 aliphatic carbocycles. The molecule has 1 heterocycles. The van der Waals surface area contributed by atoms with E-state index in [-0.39, 0.29) is 11.2 Å². The van der Waals surface area contributed by atoms with Gasteiger partial charge in [-0.3, -0.25) is 4.79 Å². The molecule has 118 valence electrons. The van der Waals surface area contributed by atoms with Gasteiger partial charge in [0.1, 0.15) is 29.1 Å². The molecule has 0 radical (unpaired) electrons. The summed E-state index contributed by atoms with van der Waals surface area (Å²) in [5, 5.41) is 0.444. The molecule has 0 unspecified atom stereocenters. The number of methoxy groups -OCH3 is 1. The standard InChI is InChI=1S/C18H16O5/c1-3-21-14-8-9-15-16(10-14)22-11-17(18(15)19)23-13-6-4-12(20-2)5-7-13/h4-11H,3H2,1-2H3. The van der Waals surface area contributed by atoms with Crippen molar-refractivity contribution in [3.8, 4) is 23.0 Å². The SMILES string of the molecule is CCOc1ccc2c(=O)c(Oc3ccc(OC)cc3)coc2c1. The summed E-state index contributed by atoms with van der Waals surface area (Å²) >= 11 is 0. The Labute approximate surface area is 133 Å². The van der Waals surface area contributed by atoms with Crippen LogP contribution in [0.3, 0.4) is 0 Å². The molecule has 0 fully saturated rings. The van der Waals surface area contributed by atoms with Gasteiger partial charge in [0.05, 0.1) is 19.1 Å². The molecule has 0 aliphatic rings. The predicted octanol–water partition coefficient (Wildman–Crippen LogP) is 3.99. The Morgan fingerprint density at radius 3 is 2.39 bits per heavy atom. The molecule has 1 aromatic heterocycles. The van der Waals surface area contributed by atoms with E-state index in [1.165, 1.54) is 6.26 Å². The van der Waals surface area contributed by atoms with Crippen molar-refractivity contribution in [3.63, 3.8) is 0 Å². The Morgan fingerprint density at radius 1 is 1.00 bits per heavy atom. The van der Waals surface area contributed by atoms with Crippen molar-refractivity contribution in [3.05, 3.63) is 59.0 Å². The minimum atomic E-state index is -0.231. The van der Waals surface area contributed by atoms with Crippen LogP contribution in [0.25, 0.3) is 11.0 Å². The topological polar surface area (TPSA) is 57.9 Å². The second-order valence-electron chi connectivity index (χ2n) is 4.80. The summed E-state index contributed by atoms with van der Waals surface area (Å²) in [7, 11) is 1.59. The minimum absolute atomic E-state index is 0.131. The molecule has 5 heteroatoms. The molecular weight excluding hydrogens is 296 g/mol. The summed E-state index contributed by atoms with van der Waals surface area (Å²) in [6.45, 7) is 2.45. The van der Waals surface area contributed by atoms with Gasteiger partial charge in [-0.25, -0.2) is 0 Å². The van der Waals surface area contributed by atoms with Gasteiger partial charge in [0, 0.05) is 6.07 Å². The number of rotatable bonds is 5. The number of hydrogen-bond donors (Lipinski definition) is 0. The van der Waals surface area contributed by atoms with Crippen molar-refractivity contribution in [2.24, 2.45) is 0 Å². The van der Waals surface area contributed by atoms with E-state index in [1.54, 1.807) is 49.6 Å². The van der Waals surface area contributed by atoms with Gasteiger partial charge < -0.3 is 18.6 Å². The van der Waals surface area contributed by atoms with Gasteiger partial charge in [-0.1, -0.05) is 0 Å². The van der Waals surface area contributed by atoms with Crippen LogP contribution in [0.2, 0.25) is 0 Å². The largest absolute Gasteiger partial charge is 0.497 e. The van der Waals surface area contributed by atoms with Gasteiger partial charge in [-0.05, 0) is 43.3 Å². The van der Waals surface area contributed by atoms with Gasteiger partial charge in [-0.15, -0.1) is 0 Å². The highest BCUT2D eigenvalue weighted by molar-refractivity contribution is 5.79. The van der Waals surface area contributed by atoms with Crippen LogP contribution in [0.1, 0.15) is 6.92 Å². The Morgan fingerprint density at radius 2 is 1.70 bits per heavy atom. The van der Waals surface area contributed by atoms with Crippen molar-refractivity contribution in [1.82, 2.24) is 0 Å². The maximum Gasteiger partial charge on any atom is 0.235 e. The summed E-state index contributed by atoms with van der Waals surface area (Å²) in [5.41, 5.74) is 0.230. The lowest BCUT2D eigenvalue weighted by molar-refractivity contribution is 0.340. The zero-order chi connectivity index (χ0) is 16.2. The maximum atomic E-state index is 12.5. The predicted molar refractivity (Wildman–Crippen MR) is 86.7 cm³/mol. The second-order valence-corrected chi connectivity index (χ2v) is 4.80. The van der Waals surface area contributed by atoms with E-state index in [2.05, 4.69) is 0 Å². The summed E-state index contributed by atoms with van der Waals surface area (Å²) in [5.74, 6) is 2.04. The molecule has 3 aromatic rings. The average Bonchev–Trinajstić information content (AvgIpc) is 2.58. The van der Waals surface area contributed by atoms with Crippen LogP contribution in [0, 0.1) is 0 Å². The van der Waals surface area contributed by atoms with E-state index >= 15 is 0 Å². The average molecular weight is 312 g/mol. The highest BCUT2D eigenvalue weighted by Gasteiger charge is 2.10. The highest BCUT2D eigenvalue weighted by atomic mass is 16.5. The van der Waals surface area contributed by atoms with Crippen LogP contribution in [-0.4, -0.2) is 13.7 Å². The molecule has 3 rings (SSSR count). The van der Waals surface area contributed by atoms with E-state index in [9.17, 15) is 4.79 Å². The molecule has 23 heavy (non-hydrogen) atoms. The minimum Gasteiger partial charge on any atom is -0.497 e. The van der Waals surface area contributed by atoms with Gasteiger partial charge in [0.15, 0.2) is 0 Å². The summed E-state index contributed by atoms with van der Waals surface area (Å²) in [6, 6.07) is 12.1. The molecular formula is C18H16O5. The quantitative estimate of drug-likeness (QED) is 0.713. The molecule has 0 saturated heterocycles. The normalized spacial score (nSPS) is 10.5.